The minimum Gasteiger partial charge on any atom is -0.493 e. The SMILES string of the molecule is C=CCn1c(-c2cc(OC)c(OC)c(OC)c2)nn(CN2CCN(c3ccccn3)CC2)c1=S. The van der Waals surface area contributed by atoms with Crippen LogP contribution in [-0.4, -0.2) is 71.7 Å². The Bertz CT molecular complexity index is 1160. The molecular weight excluding hydrogens is 452 g/mol. The number of ether oxygens (including phenoxy) is 3. The first kappa shape index (κ1) is 23.8. The predicted octanol–water partition coefficient (Wildman–Crippen LogP) is 3.47. The van der Waals surface area contributed by atoms with Crippen molar-refractivity contribution in [1.29, 1.82) is 0 Å². The molecule has 0 aliphatic carbocycles. The molecule has 1 aliphatic heterocycles. The number of anilines is 1. The van der Waals surface area contributed by atoms with E-state index in [1.165, 1.54) is 0 Å². The Morgan fingerprint density at radius 1 is 1.03 bits per heavy atom. The van der Waals surface area contributed by atoms with Crippen LogP contribution in [0.5, 0.6) is 17.2 Å². The van der Waals surface area contributed by atoms with Crippen molar-refractivity contribution in [2.24, 2.45) is 0 Å². The smallest absolute Gasteiger partial charge is 0.203 e. The second kappa shape index (κ2) is 10.7. The average Bonchev–Trinajstić information content (AvgIpc) is 3.19. The predicted molar refractivity (Wildman–Crippen MR) is 134 cm³/mol. The maximum atomic E-state index is 5.80. The van der Waals surface area contributed by atoms with E-state index in [0.29, 0.717) is 35.2 Å². The van der Waals surface area contributed by atoms with Crippen LogP contribution in [0.4, 0.5) is 5.82 Å². The summed E-state index contributed by atoms with van der Waals surface area (Å²) in [6.07, 6.45) is 3.65. The number of nitrogens with zero attached hydrogens (tertiary/aromatic N) is 6. The van der Waals surface area contributed by atoms with Crippen LogP contribution in [0.25, 0.3) is 11.4 Å². The fraction of sp³-hybridized carbons (Fsp3) is 0.375. The maximum Gasteiger partial charge on any atom is 0.203 e. The maximum absolute atomic E-state index is 5.80. The van der Waals surface area contributed by atoms with Gasteiger partial charge in [-0.25, -0.2) is 9.67 Å². The van der Waals surface area contributed by atoms with Crippen molar-refractivity contribution < 1.29 is 14.2 Å². The van der Waals surface area contributed by atoms with Gasteiger partial charge in [0.25, 0.3) is 0 Å². The van der Waals surface area contributed by atoms with Crippen LogP contribution in [0.15, 0.2) is 49.2 Å². The van der Waals surface area contributed by atoms with Gasteiger partial charge in [0.15, 0.2) is 22.1 Å². The monoisotopic (exact) mass is 482 g/mol. The van der Waals surface area contributed by atoms with E-state index in [9.17, 15) is 0 Å². The van der Waals surface area contributed by atoms with E-state index in [-0.39, 0.29) is 0 Å². The van der Waals surface area contributed by atoms with Gasteiger partial charge in [-0.2, -0.15) is 5.10 Å². The molecule has 0 bridgehead atoms. The summed E-state index contributed by atoms with van der Waals surface area (Å²) in [4.78, 5) is 9.11. The lowest BCUT2D eigenvalue weighted by molar-refractivity contribution is 0.194. The van der Waals surface area contributed by atoms with Crippen LogP contribution in [0.1, 0.15) is 0 Å². The lowest BCUT2D eigenvalue weighted by Crippen LogP contribution is -2.47. The molecule has 2 aromatic heterocycles. The molecule has 34 heavy (non-hydrogen) atoms. The lowest BCUT2D eigenvalue weighted by Gasteiger charge is -2.35. The van der Waals surface area contributed by atoms with Gasteiger partial charge in [0.05, 0.1) is 28.0 Å². The highest BCUT2D eigenvalue weighted by Gasteiger charge is 2.22. The highest BCUT2D eigenvalue weighted by Crippen LogP contribution is 2.41. The van der Waals surface area contributed by atoms with E-state index in [0.717, 1.165) is 43.4 Å². The molecule has 180 valence electrons. The summed E-state index contributed by atoms with van der Waals surface area (Å²) in [7, 11) is 4.78. The van der Waals surface area contributed by atoms with Crippen molar-refractivity contribution in [3.05, 3.63) is 54.0 Å². The van der Waals surface area contributed by atoms with Crippen LogP contribution in [0, 0.1) is 4.77 Å². The summed E-state index contributed by atoms with van der Waals surface area (Å²) in [5, 5.41) is 4.88. The fourth-order valence-corrected chi connectivity index (χ4v) is 4.36. The Balaban J connectivity index is 1.59. The topological polar surface area (TPSA) is 69.8 Å². The summed E-state index contributed by atoms with van der Waals surface area (Å²) < 4.78 is 21.0. The van der Waals surface area contributed by atoms with Crippen molar-refractivity contribution in [3.63, 3.8) is 0 Å². The Labute approximate surface area is 204 Å². The largest absolute Gasteiger partial charge is 0.493 e. The Kier molecular flexibility index (Phi) is 7.49. The van der Waals surface area contributed by atoms with Gasteiger partial charge >= 0.3 is 0 Å². The minimum absolute atomic E-state index is 0.535. The van der Waals surface area contributed by atoms with Crippen molar-refractivity contribution in [2.45, 2.75) is 13.2 Å². The third-order valence-corrected chi connectivity index (χ3v) is 6.27. The van der Waals surface area contributed by atoms with E-state index in [2.05, 4.69) is 21.4 Å². The number of benzene rings is 1. The molecule has 3 aromatic rings. The molecule has 4 rings (SSSR count). The molecule has 0 spiro atoms. The van der Waals surface area contributed by atoms with E-state index in [1.807, 2.05) is 51.9 Å². The Morgan fingerprint density at radius 2 is 1.74 bits per heavy atom. The van der Waals surface area contributed by atoms with Crippen LogP contribution in [0.3, 0.4) is 0 Å². The second-order valence-electron chi connectivity index (χ2n) is 7.85. The number of hydrogen-bond donors (Lipinski definition) is 0. The van der Waals surface area contributed by atoms with Crippen LogP contribution in [-0.2, 0) is 13.2 Å². The van der Waals surface area contributed by atoms with Crippen LogP contribution >= 0.6 is 12.2 Å². The minimum atomic E-state index is 0.535. The number of rotatable bonds is 9. The molecule has 1 aliphatic rings. The summed E-state index contributed by atoms with van der Waals surface area (Å²) in [6, 6.07) is 9.77. The standard InChI is InChI=1S/C24H30N6O3S/c1-5-10-29-23(18-15-19(31-2)22(33-4)20(16-18)32-3)26-30(24(29)34)17-27-11-13-28(14-12-27)21-8-6-7-9-25-21/h5-9,15-16H,1,10-14,17H2,2-4H3. The Morgan fingerprint density at radius 3 is 2.29 bits per heavy atom. The van der Waals surface area contributed by atoms with Gasteiger partial charge < -0.3 is 19.1 Å². The number of pyridine rings is 1. The third-order valence-electron chi connectivity index (χ3n) is 5.84. The van der Waals surface area contributed by atoms with E-state index >= 15 is 0 Å². The average molecular weight is 483 g/mol. The van der Waals surface area contributed by atoms with Gasteiger partial charge in [0.2, 0.25) is 5.75 Å². The second-order valence-corrected chi connectivity index (χ2v) is 8.22. The van der Waals surface area contributed by atoms with Gasteiger partial charge in [-0.15, -0.1) is 6.58 Å². The first-order valence-electron chi connectivity index (χ1n) is 11.1. The van der Waals surface area contributed by atoms with Gasteiger partial charge in [-0.1, -0.05) is 12.1 Å². The summed E-state index contributed by atoms with van der Waals surface area (Å²) in [5.41, 5.74) is 0.821. The number of allylic oxidation sites excluding steroid dienone is 1. The third kappa shape index (κ3) is 4.78. The van der Waals surface area contributed by atoms with E-state index < -0.39 is 0 Å². The molecule has 0 amide bonds. The van der Waals surface area contributed by atoms with Gasteiger partial charge in [-0.3, -0.25) is 9.47 Å². The fourth-order valence-electron chi connectivity index (χ4n) is 4.10. The van der Waals surface area contributed by atoms with Crippen molar-refractivity contribution in [2.75, 3.05) is 52.4 Å². The van der Waals surface area contributed by atoms with Crippen LogP contribution in [0.2, 0.25) is 0 Å². The zero-order chi connectivity index (χ0) is 24.1. The number of hydrogen-bond acceptors (Lipinski definition) is 8. The molecule has 0 N–H and O–H groups in total. The molecule has 1 aromatic carbocycles. The summed E-state index contributed by atoms with van der Waals surface area (Å²) in [5.74, 6) is 3.39. The van der Waals surface area contributed by atoms with Crippen LogP contribution < -0.4 is 19.1 Å². The highest BCUT2D eigenvalue weighted by atomic mass is 32.1. The molecule has 9 nitrogen and oxygen atoms in total. The molecule has 1 fully saturated rings. The molecule has 0 unspecified atom stereocenters. The van der Waals surface area contributed by atoms with Crippen molar-refractivity contribution >= 4 is 18.0 Å². The molecule has 3 heterocycles. The van der Waals surface area contributed by atoms with Gasteiger partial charge in [-0.05, 0) is 36.5 Å². The van der Waals surface area contributed by atoms with Gasteiger partial charge in [0, 0.05) is 44.5 Å². The first-order valence-corrected chi connectivity index (χ1v) is 11.5. The zero-order valence-corrected chi connectivity index (χ0v) is 20.6. The molecule has 0 saturated carbocycles. The quantitative estimate of drug-likeness (QED) is 0.339. The Hall–Kier alpha value is -3.37. The van der Waals surface area contributed by atoms with E-state index in [1.54, 1.807) is 21.3 Å². The number of methoxy groups -OCH3 is 3. The molecule has 10 heteroatoms. The van der Waals surface area contributed by atoms with E-state index in [4.69, 9.17) is 31.5 Å². The summed E-state index contributed by atoms with van der Waals surface area (Å²) >= 11 is 5.80. The highest BCUT2D eigenvalue weighted by molar-refractivity contribution is 7.71. The normalized spacial score (nSPS) is 14.1. The van der Waals surface area contributed by atoms with Crippen molar-refractivity contribution in [3.8, 4) is 28.6 Å². The zero-order valence-electron chi connectivity index (χ0n) is 19.8. The van der Waals surface area contributed by atoms with Gasteiger partial charge in [0.1, 0.15) is 5.82 Å². The lowest BCUT2D eigenvalue weighted by atomic mass is 10.1. The molecule has 1 saturated heterocycles. The molecule has 0 radical (unpaired) electrons. The molecular formula is C24H30N6O3S. The number of piperazine rings is 1. The molecule has 0 atom stereocenters. The summed E-state index contributed by atoms with van der Waals surface area (Å²) in [6.45, 7) is 8.63. The first-order chi connectivity index (χ1) is 16.6. The number of aromatic nitrogens is 4. The van der Waals surface area contributed by atoms with Crippen molar-refractivity contribution in [1.82, 2.24) is 24.2 Å².